The molecule has 0 saturated heterocycles. The molecule has 66 heavy (non-hydrogen) atoms. The average molecular weight is 929 g/mol. The van der Waals surface area contributed by atoms with Crippen molar-refractivity contribution in [2.24, 2.45) is 0 Å². The van der Waals surface area contributed by atoms with Gasteiger partial charge in [-0.2, -0.15) is 0 Å². The van der Waals surface area contributed by atoms with E-state index in [0.717, 1.165) is 65.3 Å². The molecule has 0 bridgehead atoms. The van der Waals surface area contributed by atoms with E-state index in [-0.39, 0.29) is 16.4 Å². The summed E-state index contributed by atoms with van der Waals surface area (Å²) in [6.07, 6.45) is 3.40. The molecule has 0 saturated carbocycles. The first-order valence-electron chi connectivity index (χ1n) is 21.2. The van der Waals surface area contributed by atoms with Crippen LogP contribution in [0, 0.1) is 6.92 Å². The first-order chi connectivity index (χ1) is 31.8. The van der Waals surface area contributed by atoms with Crippen molar-refractivity contribution in [3.63, 3.8) is 0 Å². The lowest BCUT2D eigenvalue weighted by molar-refractivity contribution is 0.101. The molecule has 330 valence electrons. The van der Waals surface area contributed by atoms with Crippen molar-refractivity contribution in [3.05, 3.63) is 159 Å². The van der Waals surface area contributed by atoms with Crippen molar-refractivity contribution in [1.82, 2.24) is 19.1 Å². The van der Waals surface area contributed by atoms with E-state index in [4.69, 9.17) is 14.7 Å². The molecule has 4 heterocycles. The van der Waals surface area contributed by atoms with Crippen LogP contribution in [0.1, 0.15) is 51.3 Å². The Bertz CT molecular complexity index is 3680. The molecule has 0 fully saturated rings. The van der Waals surface area contributed by atoms with Crippen molar-refractivity contribution in [2.45, 2.75) is 38.8 Å². The zero-order valence-electron chi connectivity index (χ0n) is 36.7. The topological polar surface area (TPSA) is 140 Å². The molecule has 10 rings (SSSR count). The first-order valence-corrected chi connectivity index (χ1v) is 24.8. The number of nitrogens with zero attached hydrogens (tertiary/aromatic N) is 4. The number of sulfone groups is 1. The number of methoxy groups -OCH3 is 1. The third-order valence-electron chi connectivity index (χ3n) is 11.9. The Morgan fingerprint density at radius 2 is 1.36 bits per heavy atom. The quantitative estimate of drug-likeness (QED) is 0.0964. The minimum atomic E-state index is -3.35. The molecule has 0 aliphatic carbocycles. The number of fused-ring (bicyclic) bond motifs is 4. The predicted octanol–water partition coefficient (Wildman–Crippen LogP) is 12.6. The van der Waals surface area contributed by atoms with Gasteiger partial charge in [-0.3, -0.25) is 4.79 Å². The highest BCUT2D eigenvalue weighted by Crippen LogP contribution is 2.39. The summed E-state index contributed by atoms with van der Waals surface area (Å²) in [5, 5.41) is 22.1. The largest absolute Gasteiger partial charge is 0.508 e. The van der Waals surface area contributed by atoms with E-state index in [0.29, 0.717) is 36.1 Å². The van der Waals surface area contributed by atoms with Gasteiger partial charge in [-0.25, -0.2) is 18.4 Å². The molecule has 0 aliphatic heterocycles. The summed E-state index contributed by atoms with van der Waals surface area (Å²) >= 11 is 3.38. The van der Waals surface area contributed by atoms with Gasteiger partial charge in [0.1, 0.15) is 11.5 Å². The summed E-state index contributed by atoms with van der Waals surface area (Å²) in [5.74, 6) is 2.11. The number of aryl methyl sites for hydroxylation is 1. The SMILES string of the molecule is COc1ccc(Nc2nc3cc(C(C)=O)ccc3n2Cc2c(/C=C(\C)c3ccc4c(c3)nc(Nc3ccc(S(C)(=O)=O)cc3)n4Cc3csc4ccc(C)cc34)sc3ccc(O)cc23)cc1. The third kappa shape index (κ3) is 8.30. The Kier molecular flexibility index (Phi) is 11.0. The highest BCUT2D eigenvalue weighted by Gasteiger charge is 2.20. The van der Waals surface area contributed by atoms with Crippen molar-refractivity contribution in [2.75, 3.05) is 24.0 Å². The van der Waals surface area contributed by atoms with Crippen LogP contribution in [0.25, 0.3) is 53.9 Å². The van der Waals surface area contributed by atoms with Crippen LogP contribution in [0.2, 0.25) is 0 Å². The second kappa shape index (κ2) is 16.9. The summed E-state index contributed by atoms with van der Waals surface area (Å²) in [4.78, 5) is 23.9. The molecule has 11 nitrogen and oxygen atoms in total. The number of benzene rings is 6. The number of rotatable bonds is 13. The van der Waals surface area contributed by atoms with Crippen LogP contribution < -0.4 is 15.4 Å². The van der Waals surface area contributed by atoms with Gasteiger partial charge in [0.2, 0.25) is 11.9 Å². The Balaban J connectivity index is 1.05. The molecule has 6 aromatic carbocycles. The zero-order chi connectivity index (χ0) is 45.9. The third-order valence-corrected chi connectivity index (χ3v) is 15.2. The summed E-state index contributed by atoms with van der Waals surface area (Å²) in [5.41, 5.74) is 10.8. The Labute approximate surface area is 389 Å². The number of allylic oxidation sites excluding steroid dienone is 1. The minimum absolute atomic E-state index is 0.0388. The number of imidazole rings is 2. The van der Waals surface area contributed by atoms with Crippen LogP contribution in [-0.4, -0.2) is 51.8 Å². The Morgan fingerprint density at radius 1 is 0.742 bits per heavy atom. The summed E-state index contributed by atoms with van der Waals surface area (Å²) in [7, 11) is -1.72. The second-order valence-corrected chi connectivity index (χ2v) is 20.5. The molecule has 3 N–H and O–H groups in total. The van der Waals surface area contributed by atoms with E-state index < -0.39 is 9.84 Å². The van der Waals surface area contributed by atoms with Gasteiger partial charge in [0.25, 0.3) is 0 Å². The molecule has 4 aromatic heterocycles. The number of aromatic hydroxyl groups is 1. The lowest BCUT2D eigenvalue weighted by atomic mass is 10.0. The number of carbonyl (C=O) groups is 1. The number of ether oxygens (including phenoxy) is 1. The van der Waals surface area contributed by atoms with Gasteiger partial charge in [-0.1, -0.05) is 23.8 Å². The molecule has 0 aliphatic rings. The lowest BCUT2D eigenvalue weighted by Crippen LogP contribution is -2.06. The van der Waals surface area contributed by atoms with Crippen molar-refractivity contribution in [3.8, 4) is 11.5 Å². The molecular weight excluding hydrogens is 885 g/mol. The summed E-state index contributed by atoms with van der Waals surface area (Å²) in [6, 6.07) is 38.3. The van der Waals surface area contributed by atoms with Crippen molar-refractivity contribution >= 4 is 115 Å². The maximum Gasteiger partial charge on any atom is 0.208 e. The number of aromatic nitrogens is 4. The summed E-state index contributed by atoms with van der Waals surface area (Å²) < 4.78 is 36.4. The molecule has 14 heteroatoms. The number of phenols is 1. The zero-order valence-corrected chi connectivity index (χ0v) is 39.2. The molecular formula is C52H44N6O5S3. The number of ketones is 1. The van der Waals surface area contributed by atoms with E-state index >= 15 is 0 Å². The molecule has 0 unspecified atom stereocenters. The molecule has 0 radical (unpaired) electrons. The Morgan fingerprint density at radius 3 is 2.02 bits per heavy atom. The smallest absolute Gasteiger partial charge is 0.208 e. The number of thiophene rings is 2. The first kappa shape index (κ1) is 42.7. The van der Waals surface area contributed by atoms with E-state index in [9.17, 15) is 18.3 Å². The van der Waals surface area contributed by atoms with Crippen molar-refractivity contribution in [1.29, 1.82) is 0 Å². The van der Waals surface area contributed by atoms with Crippen LogP contribution in [0.4, 0.5) is 23.3 Å². The highest BCUT2D eigenvalue weighted by molar-refractivity contribution is 7.90. The maximum absolute atomic E-state index is 12.4. The molecule has 10 aromatic rings. The maximum atomic E-state index is 12.4. The lowest BCUT2D eigenvalue weighted by Gasteiger charge is -2.13. The molecule has 0 amide bonds. The highest BCUT2D eigenvalue weighted by atomic mass is 32.2. The van der Waals surface area contributed by atoms with Gasteiger partial charge < -0.3 is 29.6 Å². The van der Waals surface area contributed by atoms with E-state index in [1.165, 1.54) is 27.5 Å². The van der Waals surface area contributed by atoms with E-state index in [2.05, 4.69) is 81.5 Å². The van der Waals surface area contributed by atoms with Gasteiger partial charge >= 0.3 is 0 Å². The standard InChI is InChI=1S/C52H44N6O5S3/c1-30-6-20-48-41(22-30)35(29-64-48)27-57-46-18-7-33(24-44(46)55-51(57)54-37-11-16-40(17-12-37)66(5,61)62)31(2)23-50-43(42-26-38(60)13-21-49(42)65-50)28-58-47-19-8-34(32(3)59)25-45(47)56-52(58)53-36-9-14-39(63-4)15-10-36/h6-26,29,60H,27-28H2,1-5H3,(H,53,56)(H,54,55)/b31-23+. The van der Waals surface area contributed by atoms with Crippen LogP contribution in [0.15, 0.2) is 132 Å². The van der Waals surface area contributed by atoms with Gasteiger partial charge in [-0.05, 0) is 163 Å². The average Bonchev–Trinajstić information content (AvgIpc) is 4.05. The number of nitrogens with one attached hydrogen (secondary N) is 2. The van der Waals surface area contributed by atoms with Gasteiger partial charge in [0, 0.05) is 42.9 Å². The fourth-order valence-corrected chi connectivity index (χ4v) is 11.1. The number of anilines is 4. The van der Waals surface area contributed by atoms with E-state index in [1.54, 1.807) is 67.0 Å². The Hall–Kier alpha value is -7.26. The fourth-order valence-electron chi connectivity index (χ4n) is 8.31. The van der Waals surface area contributed by atoms with Crippen LogP contribution in [0.3, 0.4) is 0 Å². The number of hydrogen-bond acceptors (Lipinski definition) is 11. The monoisotopic (exact) mass is 928 g/mol. The second-order valence-electron chi connectivity index (χ2n) is 16.5. The van der Waals surface area contributed by atoms with Crippen molar-refractivity contribution < 1.29 is 23.1 Å². The number of Topliss-reactive ketones (excluding diaryl/α,β-unsaturated/α-hetero) is 1. The van der Waals surface area contributed by atoms with Gasteiger partial charge in [0.05, 0.1) is 47.2 Å². The number of hydrogen-bond donors (Lipinski definition) is 3. The molecule has 0 atom stereocenters. The number of carbonyl (C=O) groups excluding carboxylic acids is 1. The van der Waals surface area contributed by atoms with Crippen LogP contribution in [0.5, 0.6) is 11.5 Å². The van der Waals surface area contributed by atoms with Crippen LogP contribution >= 0.6 is 22.7 Å². The normalized spacial score (nSPS) is 12.2. The van der Waals surface area contributed by atoms with Gasteiger partial charge in [0.15, 0.2) is 15.6 Å². The summed E-state index contributed by atoms with van der Waals surface area (Å²) in [6.45, 7) is 6.74. The fraction of sp³-hybridized carbons (Fsp3) is 0.135. The minimum Gasteiger partial charge on any atom is -0.508 e. The van der Waals surface area contributed by atoms with E-state index in [1.807, 2.05) is 54.6 Å². The number of phenolic OH excluding ortho intramolecular Hbond substituents is 1. The molecule has 0 spiro atoms. The predicted molar refractivity (Wildman–Crippen MR) is 270 cm³/mol. The van der Waals surface area contributed by atoms with Crippen LogP contribution in [-0.2, 0) is 22.9 Å². The van der Waals surface area contributed by atoms with Gasteiger partial charge in [-0.15, -0.1) is 22.7 Å².